The number of amides is 1. The zero-order valence-electron chi connectivity index (χ0n) is 41.3. The van der Waals surface area contributed by atoms with E-state index in [4.69, 9.17) is 28.4 Å². The molecule has 0 spiro atoms. The van der Waals surface area contributed by atoms with Crippen molar-refractivity contribution in [3.63, 3.8) is 0 Å². The molecule has 19 heteroatoms. The lowest BCUT2D eigenvalue weighted by Gasteiger charge is -2.48. The average Bonchev–Trinajstić information content (AvgIpc) is 3.34. The van der Waals surface area contributed by atoms with Crippen LogP contribution in [0.2, 0.25) is 0 Å². The van der Waals surface area contributed by atoms with Crippen LogP contribution in [-0.2, 0) is 33.2 Å². The molecule has 3 aliphatic heterocycles. The van der Waals surface area contributed by atoms with Crippen LogP contribution >= 0.6 is 0 Å². The molecule has 3 rings (SSSR count). The monoisotopic (exact) mass is 994 g/mol. The van der Waals surface area contributed by atoms with Gasteiger partial charge in [0.05, 0.1) is 38.6 Å². The minimum Gasteiger partial charge on any atom is -0.394 e. The Hall–Kier alpha value is -1.73. The fraction of sp³-hybridized carbons (Fsp3) is 0.900. The Morgan fingerprint density at radius 2 is 0.928 bits per heavy atom. The lowest BCUT2D eigenvalue weighted by Crippen LogP contribution is -2.66. The van der Waals surface area contributed by atoms with Crippen molar-refractivity contribution in [3.05, 3.63) is 24.3 Å². The highest BCUT2D eigenvalue weighted by atomic mass is 16.8. The number of ether oxygens (including phenoxy) is 6. The first kappa shape index (κ1) is 61.6. The molecule has 19 nitrogen and oxygen atoms in total. The third kappa shape index (κ3) is 21.3. The van der Waals surface area contributed by atoms with E-state index in [9.17, 15) is 61.0 Å². The molecule has 17 atom stereocenters. The summed E-state index contributed by atoms with van der Waals surface area (Å²) in [6.45, 7) is 1.63. The van der Waals surface area contributed by atoms with Crippen LogP contribution in [0.3, 0.4) is 0 Å². The number of aliphatic hydroxyl groups excluding tert-OH is 11. The van der Waals surface area contributed by atoms with Crippen LogP contribution in [0, 0.1) is 0 Å². The molecule has 0 bridgehead atoms. The number of rotatable bonds is 36. The van der Waals surface area contributed by atoms with E-state index in [-0.39, 0.29) is 18.9 Å². The number of hydrogen-bond acceptors (Lipinski definition) is 18. The van der Waals surface area contributed by atoms with Crippen LogP contribution in [0.5, 0.6) is 0 Å². The fourth-order valence-corrected chi connectivity index (χ4v) is 8.85. The highest BCUT2D eigenvalue weighted by Crippen LogP contribution is 2.33. The second-order valence-corrected chi connectivity index (χ2v) is 19.0. The Kier molecular flexibility index (Phi) is 31.6. The summed E-state index contributed by atoms with van der Waals surface area (Å²) in [5.74, 6) is -0.291. The molecular formula is C50H91NO18. The van der Waals surface area contributed by atoms with Gasteiger partial charge >= 0.3 is 0 Å². The van der Waals surface area contributed by atoms with E-state index < -0.39 is 124 Å². The second kappa shape index (κ2) is 35.4. The average molecular weight is 994 g/mol. The Balaban J connectivity index is 1.57. The third-order valence-corrected chi connectivity index (χ3v) is 13.3. The van der Waals surface area contributed by atoms with Crippen molar-refractivity contribution in [3.8, 4) is 0 Å². The van der Waals surface area contributed by atoms with Gasteiger partial charge in [-0.15, -0.1) is 0 Å². The summed E-state index contributed by atoms with van der Waals surface area (Å²) in [6.07, 6.45) is 4.83. The van der Waals surface area contributed by atoms with Crippen molar-refractivity contribution >= 4 is 5.91 Å². The van der Waals surface area contributed by atoms with E-state index in [1.165, 1.54) is 83.5 Å². The first-order valence-electron chi connectivity index (χ1n) is 26.1. The number of hydrogen-bond donors (Lipinski definition) is 12. The minimum atomic E-state index is -1.98. The number of carbonyl (C=O) groups excluding carboxylic acids is 1. The molecule has 404 valence electrons. The third-order valence-electron chi connectivity index (χ3n) is 13.3. The number of allylic oxidation sites excluding steroid dienone is 3. The van der Waals surface area contributed by atoms with Crippen molar-refractivity contribution in [1.29, 1.82) is 0 Å². The molecule has 17 unspecified atom stereocenters. The molecule has 1 amide bonds. The van der Waals surface area contributed by atoms with E-state index >= 15 is 0 Å². The first-order valence-corrected chi connectivity index (χ1v) is 26.1. The van der Waals surface area contributed by atoms with Gasteiger partial charge in [0.2, 0.25) is 5.91 Å². The van der Waals surface area contributed by atoms with Crippen molar-refractivity contribution < 1.29 is 89.4 Å². The molecule has 69 heavy (non-hydrogen) atoms. The molecule has 0 aromatic rings. The van der Waals surface area contributed by atoms with Gasteiger partial charge in [0.25, 0.3) is 0 Å². The molecule has 3 fully saturated rings. The molecule has 12 N–H and O–H groups in total. The van der Waals surface area contributed by atoms with E-state index in [1.807, 2.05) is 6.08 Å². The summed E-state index contributed by atoms with van der Waals surface area (Å²) in [6, 6.07) is -0.982. The van der Waals surface area contributed by atoms with Crippen LogP contribution in [0.25, 0.3) is 0 Å². The van der Waals surface area contributed by atoms with Gasteiger partial charge in [0.1, 0.15) is 73.2 Å². The zero-order chi connectivity index (χ0) is 50.6. The Bertz CT molecular complexity index is 1380. The van der Waals surface area contributed by atoms with Crippen LogP contribution in [0.4, 0.5) is 0 Å². The fourth-order valence-electron chi connectivity index (χ4n) is 8.85. The number of nitrogens with one attached hydrogen (secondary N) is 1. The van der Waals surface area contributed by atoms with Crippen LogP contribution < -0.4 is 5.32 Å². The summed E-state index contributed by atoms with van der Waals surface area (Å²) in [5, 5.41) is 119. The normalized spacial score (nSPS) is 33.0. The van der Waals surface area contributed by atoms with Gasteiger partial charge in [-0.1, -0.05) is 141 Å². The highest BCUT2D eigenvalue weighted by Gasteiger charge is 2.53. The Labute approximate surface area is 409 Å². The van der Waals surface area contributed by atoms with E-state index in [0.29, 0.717) is 12.8 Å². The highest BCUT2D eigenvalue weighted by molar-refractivity contribution is 5.76. The first-order chi connectivity index (χ1) is 33.3. The lowest BCUT2D eigenvalue weighted by molar-refractivity contribution is -0.379. The summed E-state index contributed by atoms with van der Waals surface area (Å²) < 4.78 is 34.1. The molecule has 3 heterocycles. The maximum absolute atomic E-state index is 13.2. The van der Waals surface area contributed by atoms with E-state index in [0.717, 1.165) is 38.5 Å². The van der Waals surface area contributed by atoms with Crippen molar-refractivity contribution in [2.24, 2.45) is 0 Å². The summed E-state index contributed by atoms with van der Waals surface area (Å²) in [5.41, 5.74) is 0. The van der Waals surface area contributed by atoms with Gasteiger partial charge in [-0.25, -0.2) is 0 Å². The van der Waals surface area contributed by atoms with Crippen LogP contribution in [0.1, 0.15) is 155 Å². The zero-order valence-corrected chi connectivity index (χ0v) is 41.3. The van der Waals surface area contributed by atoms with Crippen molar-refractivity contribution in [2.45, 2.75) is 259 Å². The predicted molar refractivity (Wildman–Crippen MR) is 254 cm³/mol. The van der Waals surface area contributed by atoms with Crippen LogP contribution in [-0.4, -0.2) is 193 Å². The summed E-state index contributed by atoms with van der Waals surface area (Å²) in [4.78, 5) is 13.2. The molecule has 0 radical (unpaired) electrons. The van der Waals surface area contributed by atoms with Crippen LogP contribution in [0.15, 0.2) is 24.3 Å². The maximum Gasteiger partial charge on any atom is 0.220 e. The molecule has 3 aliphatic rings. The Morgan fingerprint density at radius 3 is 1.45 bits per heavy atom. The quantitative estimate of drug-likeness (QED) is 0.0316. The second-order valence-electron chi connectivity index (χ2n) is 19.0. The van der Waals surface area contributed by atoms with E-state index in [1.54, 1.807) is 6.08 Å². The molecular weight excluding hydrogens is 903 g/mol. The SMILES string of the molecule is CCCCCCCCCCC/C=C/CC/C=C/C(O)C(COC1OC(CO)C(OC2OC(CO)C(OC3OC(CO)C(O)C(O)C3O)C(O)C2O)C(O)C1O)NC(=O)CCCCCCCCCCC. The molecule has 0 aromatic heterocycles. The van der Waals surface area contributed by atoms with Gasteiger partial charge in [0.15, 0.2) is 18.9 Å². The van der Waals surface area contributed by atoms with Gasteiger partial charge in [-0.05, 0) is 32.1 Å². The molecule has 0 aliphatic carbocycles. The molecule has 3 saturated heterocycles. The van der Waals surface area contributed by atoms with Crippen molar-refractivity contribution in [1.82, 2.24) is 5.32 Å². The Morgan fingerprint density at radius 1 is 0.507 bits per heavy atom. The molecule has 0 aromatic carbocycles. The van der Waals surface area contributed by atoms with E-state index in [2.05, 4.69) is 31.3 Å². The van der Waals surface area contributed by atoms with Gasteiger partial charge in [-0.3, -0.25) is 4.79 Å². The van der Waals surface area contributed by atoms with Crippen molar-refractivity contribution in [2.75, 3.05) is 26.4 Å². The topological polar surface area (TPSA) is 307 Å². The minimum absolute atomic E-state index is 0.237. The molecule has 0 saturated carbocycles. The number of unbranched alkanes of at least 4 members (excludes halogenated alkanes) is 18. The summed E-state index contributed by atoms with van der Waals surface area (Å²) in [7, 11) is 0. The number of aliphatic hydroxyl groups is 11. The largest absolute Gasteiger partial charge is 0.394 e. The standard InChI is InChI=1S/C50H91NO18/c1-3-5-7-9-11-13-14-15-16-17-18-20-21-23-25-27-34(55)33(51-38(56)28-26-24-22-19-12-10-8-6-4-2)32-64-48-44(62)41(59)46(36(30-53)66-48)69-50-45(63)42(60)47(37(31-54)67-50)68-49-43(61)40(58)39(57)35(29-52)65-49/h18,20,25,27,33-37,39-50,52-55,57-63H,3-17,19,21-24,26,28-32H2,1-2H3,(H,51,56)/b20-18+,27-25+. The summed E-state index contributed by atoms with van der Waals surface area (Å²) >= 11 is 0. The smallest absolute Gasteiger partial charge is 0.220 e. The lowest BCUT2D eigenvalue weighted by atomic mass is 9.96. The van der Waals surface area contributed by atoms with Gasteiger partial charge < -0.3 is 89.9 Å². The number of carbonyl (C=O) groups is 1. The van der Waals surface area contributed by atoms with Gasteiger partial charge in [-0.2, -0.15) is 0 Å². The predicted octanol–water partition coefficient (Wildman–Crippen LogP) is 2.03. The van der Waals surface area contributed by atoms with Gasteiger partial charge in [0, 0.05) is 6.42 Å². The maximum atomic E-state index is 13.2.